The molecule has 0 fully saturated rings. The van der Waals surface area contributed by atoms with E-state index in [2.05, 4.69) is 5.32 Å². The maximum absolute atomic E-state index is 10.5. The lowest BCUT2D eigenvalue weighted by molar-refractivity contribution is -0.138. The van der Waals surface area contributed by atoms with Gasteiger partial charge in [0.05, 0.1) is 7.11 Å². The van der Waals surface area contributed by atoms with Crippen LogP contribution in [0.4, 0.5) is 0 Å². The van der Waals surface area contributed by atoms with Crippen molar-refractivity contribution >= 4 is 5.97 Å². The van der Waals surface area contributed by atoms with Gasteiger partial charge in [-0.05, 0) is 19.0 Å². The quantitative estimate of drug-likeness (QED) is 0.605. The second-order valence-electron chi connectivity index (χ2n) is 3.72. The molecule has 0 saturated heterocycles. The maximum Gasteiger partial charge on any atom is 0.320 e. The smallest absolute Gasteiger partial charge is 0.320 e. The van der Waals surface area contributed by atoms with Crippen LogP contribution in [0, 0.1) is 0 Å². The molecule has 1 aromatic carbocycles. The molecule has 17 heavy (non-hydrogen) atoms. The summed E-state index contributed by atoms with van der Waals surface area (Å²) in [4.78, 5) is 10.5. The van der Waals surface area contributed by atoms with E-state index in [1.165, 1.54) is 0 Å². The van der Waals surface area contributed by atoms with Crippen LogP contribution in [0.15, 0.2) is 24.3 Å². The van der Waals surface area contributed by atoms with Crippen LogP contribution in [-0.4, -0.2) is 30.8 Å². The highest BCUT2D eigenvalue weighted by Crippen LogP contribution is 2.16. The molecule has 5 nitrogen and oxygen atoms in total. The normalized spacial score (nSPS) is 12.1. The standard InChI is InChI=1S/C12H18N2O3/c1-17-11-5-3-2-4-9(11)8-14-7-6-10(13)12(15)16/h2-5,10,14H,6-8,13H2,1H3,(H,15,16). The first-order chi connectivity index (χ1) is 8.15. The van der Waals surface area contributed by atoms with Crippen LogP contribution >= 0.6 is 0 Å². The molecule has 0 spiro atoms. The Morgan fingerprint density at radius 1 is 1.53 bits per heavy atom. The fourth-order valence-corrected chi connectivity index (χ4v) is 1.45. The van der Waals surface area contributed by atoms with Gasteiger partial charge in [0.1, 0.15) is 11.8 Å². The number of nitrogens with one attached hydrogen (secondary N) is 1. The summed E-state index contributed by atoms with van der Waals surface area (Å²) in [5.74, 6) is -0.147. The van der Waals surface area contributed by atoms with Gasteiger partial charge < -0.3 is 20.9 Å². The third kappa shape index (κ3) is 4.42. The van der Waals surface area contributed by atoms with Gasteiger partial charge in [0.2, 0.25) is 0 Å². The lowest BCUT2D eigenvalue weighted by Crippen LogP contribution is -2.33. The van der Waals surface area contributed by atoms with E-state index in [0.717, 1.165) is 11.3 Å². The van der Waals surface area contributed by atoms with Gasteiger partial charge in [-0.2, -0.15) is 0 Å². The number of ether oxygens (including phenoxy) is 1. The highest BCUT2D eigenvalue weighted by Gasteiger charge is 2.10. The highest BCUT2D eigenvalue weighted by molar-refractivity contribution is 5.72. The fourth-order valence-electron chi connectivity index (χ4n) is 1.45. The van der Waals surface area contributed by atoms with E-state index >= 15 is 0 Å². The molecule has 1 atom stereocenters. The van der Waals surface area contributed by atoms with Crippen LogP contribution in [-0.2, 0) is 11.3 Å². The third-order valence-corrected chi connectivity index (χ3v) is 2.46. The molecular formula is C12H18N2O3. The fraction of sp³-hybridized carbons (Fsp3) is 0.417. The number of hydrogen-bond acceptors (Lipinski definition) is 4. The monoisotopic (exact) mass is 238 g/mol. The Morgan fingerprint density at radius 3 is 2.88 bits per heavy atom. The topological polar surface area (TPSA) is 84.6 Å². The largest absolute Gasteiger partial charge is 0.496 e. The van der Waals surface area contributed by atoms with Crippen molar-refractivity contribution < 1.29 is 14.6 Å². The van der Waals surface area contributed by atoms with Gasteiger partial charge in [0.25, 0.3) is 0 Å². The molecule has 0 aromatic heterocycles. The number of hydrogen-bond donors (Lipinski definition) is 3. The summed E-state index contributed by atoms with van der Waals surface area (Å²) in [6.07, 6.45) is 0.407. The van der Waals surface area contributed by atoms with Gasteiger partial charge in [-0.25, -0.2) is 0 Å². The minimum atomic E-state index is -0.968. The summed E-state index contributed by atoms with van der Waals surface area (Å²) in [6.45, 7) is 1.20. The highest BCUT2D eigenvalue weighted by atomic mass is 16.5. The van der Waals surface area contributed by atoms with Gasteiger partial charge in [0, 0.05) is 12.1 Å². The van der Waals surface area contributed by atoms with E-state index < -0.39 is 12.0 Å². The number of benzene rings is 1. The summed E-state index contributed by atoms with van der Waals surface area (Å²) in [6, 6.07) is 6.88. The number of aliphatic carboxylic acids is 1. The molecule has 5 heteroatoms. The average Bonchev–Trinajstić information content (AvgIpc) is 2.34. The molecule has 0 aliphatic rings. The van der Waals surface area contributed by atoms with Crippen LogP contribution < -0.4 is 15.8 Å². The van der Waals surface area contributed by atoms with E-state index in [9.17, 15) is 4.79 Å². The number of carboxylic acid groups (broad SMARTS) is 1. The molecule has 1 rings (SSSR count). The third-order valence-electron chi connectivity index (χ3n) is 2.46. The zero-order valence-corrected chi connectivity index (χ0v) is 9.85. The minimum absolute atomic E-state index is 0.407. The van der Waals surface area contributed by atoms with Crippen LogP contribution in [0.1, 0.15) is 12.0 Å². The molecule has 0 aliphatic carbocycles. The molecule has 0 radical (unpaired) electrons. The van der Waals surface area contributed by atoms with Crippen molar-refractivity contribution in [1.82, 2.24) is 5.32 Å². The minimum Gasteiger partial charge on any atom is -0.496 e. The predicted octanol–water partition coefficient (Wildman–Crippen LogP) is 0.587. The van der Waals surface area contributed by atoms with E-state index in [1.807, 2.05) is 24.3 Å². The molecule has 0 heterocycles. The number of para-hydroxylation sites is 1. The number of carboxylic acids is 1. The Hall–Kier alpha value is -1.59. The number of rotatable bonds is 7. The summed E-state index contributed by atoms with van der Waals surface area (Å²) in [5, 5.41) is 11.7. The Balaban J connectivity index is 2.33. The Bertz CT molecular complexity index is 369. The SMILES string of the molecule is COc1ccccc1CNCCC(N)C(=O)O. The molecule has 94 valence electrons. The second-order valence-corrected chi connectivity index (χ2v) is 3.72. The Kier molecular flexibility index (Phi) is 5.45. The van der Waals surface area contributed by atoms with Gasteiger partial charge in [-0.1, -0.05) is 18.2 Å². The summed E-state index contributed by atoms with van der Waals surface area (Å²) < 4.78 is 5.20. The zero-order chi connectivity index (χ0) is 12.7. The Labute approximate surface area is 101 Å². The number of methoxy groups -OCH3 is 1. The molecule has 0 aliphatic heterocycles. The number of nitrogens with two attached hydrogens (primary N) is 1. The van der Waals surface area contributed by atoms with Crippen molar-refractivity contribution in [2.45, 2.75) is 19.0 Å². The van der Waals surface area contributed by atoms with Crippen molar-refractivity contribution in [2.75, 3.05) is 13.7 Å². The van der Waals surface area contributed by atoms with Crippen molar-refractivity contribution in [3.63, 3.8) is 0 Å². The van der Waals surface area contributed by atoms with E-state index in [0.29, 0.717) is 19.5 Å². The summed E-state index contributed by atoms with van der Waals surface area (Å²) in [7, 11) is 1.62. The first kappa shape index (κ1) is 13.5. The van der Waals surface area contributed by atoms with Crippen LogP contribution in [0.25, 0.3) is 0 Å². The lowest BCUT2D eigenvalue weighted by Gasteiger charge is -2.10. The molecular weight excluding hydrogens is 220 g/mol. The maximum atomic E-state index is 10.5. The van der Waals surface area contributed by atoms with Crippen molar-refractivity contribution in [1.29, 1.82) is 0 Å². The van der Waals surface area contributed by atoms with E-state index in [1.54, 1.807) is 7.11 Å². The van der Waals surface area contributed by atoms with Gasteiger partial charge in [-0.3, -0.25) is 4.79 Å². The van der Waals surface area contributed by atoms with Gasteiger partial charge in [0.15, 0.2) is 0 Å². The van der Waals surface area contributed by atoms with Gasteiger partial charge in [-0.15, -0.1) is 0 Å². The predicted molar refractivity (Wildman–Crippen MR) is 64.9 cm³/mol. The van der Waals surface area contributed by atoms with Crippen LogP contribution in [0.2, 0.25) is 0 Å². The summed E-state index contributed by atoms with van der Waals surface area (Å²) >= 11 is 0. The average molecular weight is 238 g/mol. The molecule has 0 saturated carbocycles. The van der Waals surface area contributed by atoms with Crippen molar-refractivity contribution in [2.24, 2.45) is 5.73 Å². The Morgan fingerprint density at radius 2 is 2.24 bits per heavy atom. The van der Waals surface area contributed by atoms with Crippen LogP contribution in [0.5, 0.6) is 5.75 Å². The lowest BCUT2D eigenvalue weighted by atomic mass is 10.2. The van der Waals surface area contributed by atoms with E-state index in [4.69, 9.17) is 15.6 Å². The number of carbonyl (C=O) groups is 1. The van der Waals surface area contributed by atoms with Gasteiger partial charge >= 0.3 is 5.97 Å². The summed E-state index contributed by atoms with van der Waals surface area (Å²) in [5.41, 5.74) is 6.43. The molecule has 0 amide bonds. The molecule has 1 aromatic rings. The first-order valence-electron chi connectivity index (χ1n) is 5.46. The second kappa shape index (κ2) is 6.88. The molecule has 4 N–H and O–H groups in total. The first-order valence-corrected chi connectivity index (χ1v) is 5.46. The van der Waals surface area contributed by atoms with Crippen molar-refractivity contribution in [3.8, 4) is 5.75 Å². The van der Waals surface area contributed by atoms with Crippen molar-refractivity contribution in [3.05, 3.63) is 29.8 Å². The van der Waals surface area contributed by atoms with Crippen LogP contribution in [0.3, 0.4) is 0 Å². The molecule has 0 bridgehead atoms. The van der Waals surface area contributed by atoms with E-state index in [-0.39, 0.29) is 0 Å². The molecule has 1 unspecified atom stereocenters. The zero-order valence-electron chi connectivity index (χ0n) is 9.85.